The minimum absolute atomic E-state index is 0.0588. The number of allylic oxidation sites excluding steroid dienone is 6. The average molecular weight is 928 g/mol. The molecule has 0 aliphatic rings. The van der Waals surface area contributed by atoms with Gasteiger partial charge in [0.1, 0.15) is 6.61 Å². The van der Waals surface area contributed by atoms with Crippen molar-refractivity contribution < 1.29 is 24.2 Å². The molecule has 0 aliphatic heterocycles. The fourth-order valence-electron chi connectivity index (χ4n) is 8.98. The van der Waals surface area contributed by atoms with Crippen LogP contribution in [-0.4, -0.2) is 36.4 Å². The molecular weight excluding hydrogens is 813 g/mol. The first kappa shape index (κ1) is 64.1. The summed E-state index contributed by atoms with van der Waals surface area (Å²) >= 11 is 0. The third-order valence-corrected chi connectivity index (χ3v) is 13.4. The molecule has 1 atom stereocenters. The number of rotatable bonds is 55. The molecule has 5 heteroatoms. The third kappa shape index (κ3) is 54.7. The Morgan fingerprint density at radius 1 is 0.348 bits per heavy atom. The van der Waals surface area contributed by atoms with Crippen LogP contribution >= 0.6 is 0 Å². The largest absolute Gasteiger partial charge is 0.462 e. The van der Waals surface area contributed by atoms with Crippen LogP contribution in [0.3, 0.4) is 0 Å². The molecule has 0 fully saturated rings. The Balaban J connectivity index is 3.37. The number of aliphatic hydroxyl groups excluding tert-OH is 1. The van der Waals surface area contributed by atoms with Crippen LogP contribution in [0.15, 0.2) is 36.5 Å². The Labute approximate surface area is 412 Å². The molecule has 0 saturated heterocycles. The van der Waals surface area contributed by atoms with Crippen molar-refractivity contribution in [3.63, 3.8) is 0 Å². The zero-order chi connectivity index (χ0) is 47.7. The van der Waals surface area contributed by atoms with Crippen LogP contribution in [0.2, 0.25) is 0 Å². The highest BCUT2D eigenvalue weighted by Gasteiger charge is 2.16. The van der Waals surface area contributed by atoms with E-state index in [1.54, 1.807) is 0 Å². The summed E-state index contributed by atoms with van der Waals surface area (Å²) in [5.41, 5.74) is 0. The highest BCUT2D eigenvalue weighted by Crippen LogP contribution is 2.18. The van der Waals surface area contributed by atoms with E-state index in [1.807, 2.05) is 0 Å². The zero-order valence-electron chi connectivity index (χ0n) is 44.5. The summed E-state index contributed by atoms with van der Waals surface area (Å²) < 4.78 is 10.7. The van der Waals surface area contributed by atoms with E-state index < -0.39 is 6.10 Å². The van der Waals surface area contributed by atoms with E-state index in [1.165, 1.54) is 250 Å². The molecule has 0 radical (unpaired) electrons. The van der Waals surface area contributed by atoms with Crippen LogP contribution in [0.25, 0.3) is 0 Å². The number of esters is 2. The zero-order valence-corrected chi connectivity index (χ0v) is 44.5. The van der Waals surface area contributed by atoms with Gasteiger partial charge in [0.15, 0.2) is 6.10 Å². The van der Waals surface area contributed by atoms with Gasteiger partial charge in [0.2, 0.25) is 0 Å². The molecule has 0 rings (SSSR count). The lowest BCUT2D eigenvalue weighted by Crippen LogP contribution is -2.28. The second kappa shape index (κ2) is 57.4. The second-order valence-corrected chi connectivity index (χ2v) is 20.1. The number of hydrogen-bond donors (Lipinski definition) is 1. The van der Waals surface area contributed by atoms with Crippen molar-refractivity contribution in [1.29, 1.82) is 0 Å². The summed E-state index contributed by atoms with van der Waals surface area (Å²) in [7, 11) is 0. The van der Waals surface area contributed by atoms with Crippen LogP contribution in [0.4, 0.5) is 0 Å². The number of carbonyl (C=O) groups is 2. The van der Waals surface area contributed by atoms with Crippen molar-refractivity contribution in [3.05, 3.63) is 36.5 Å². The van der Waals surface area contributed by atoms with E-state index in [2.05, 4.69) is 50.3 Å². The van der Waals surface area contributed by atoms with Crippen LogP contribution < -0.4 is 0 Å². The first-order valence-electron chi connectivity index (χ1n) is 29.5. The Kier molecular flexibility index (Phi) is 55.8. The second-order valence-electron chi connectivity index (χ2n) is 20.1. The van der Waals surface area contributed by atoms with Crippen molar-refractivity contribution in [3.8, 4) is 0 Å². The van der Waals surface area contributed by atoms with Crippen molar-refractivity contribution >= 4 is 11.9 Å². The van der Waals surface area contributed by atoms with Crippen LogP contribution in [0, 0.1) is 0 Å². The van der Waals surface area contributed by atoms with Gasteiger partial charge in [-0.15, -0.1) is 0 Å². The molecular formula is C61H114O5. The molecule has 66 heavy (non-hydrogen) atoms. The molecule has 1 unspecified atom stereocenters. The summed E-state index contributed by atoms with van der Waals surface area (Å²) in [6, 6.07) is 0. The van der Waals surface area contributed by atoms with Gasteiger partial charge in [-0.2, -0.15) is 0 Å². The van der Waals surface area contributed by atoms with Gasteiger partial charge in [-0.1, -0.05) is 294 Å². The number of hydrogen-bond acceptors (Lipinski definition) is 5. The van der Waals surface area contributed by atoms with Gasteiger partial charge in [-0.3, -0.25) is 9.59 Å². The van der Waals surface area contributed by atoms with Crippen LogP contribution in [0.5, 0.6) is 0 Å². The fourth-order valence-corrected chi connectivity index (χ4v) is 8.98. The van der Waals surface area contributed by atoms with Gasteiger partial charge in [0.05, 0.1) is 6.61 Å². The Morgan fingerprint density at radius 3 is 0.909 bits per heavy atom. The predicted octanol–water partition coefficient (Wildman–Crippen LogP) is 19.9. The smallest absolute Gasteiger partial charge is 0.306 e. The average Bonchev–Trinajstić information content (AvgIpc) is 3.32. The molecule has 0 spiro atoms. The van der Waals surface area contributed by atoms with E-state index in [0.717, 1.165) is 44.9 Å². The molecule has 388 valence electrons. The summed E-state index contributed by atoms with van der Waals surface area (Å²) in [4.78, 5) is 24.4. The van der Waals surface area contributed by atoms with Crippen LogP contribution in [0.1, 0.15) is 322 Å². The van der Waals surface area contributed by atoms with Gasteiger partial charge < -0.3 is 14.6 Å². The number of aliphatic hydroxyl groups is 1. The van der Waals surface area contributed by atoms with Crippen molar-refractivity contribution in [2.24, 2.45) is 0 Å². The molecule has 0 bridgehead atoms. The van der Waals surface area contributed by atoms with Crippen molar-refractivity contribution in [1.82, 2.24) is 0 Å². The molecule has 0 aromatic heterocycles. The highest BCUT2D eigenvalue weighted by molar-refractivity contribution is 5.70. The summed E-state index contributed by atoms with van der Waals surface area (Å²) in [6.45, 7) is 4.16. The SMILES string of the molecule is CCCCCCC/C=C\C/C=C\C/C=C\CCCCCCCCCCCCCCCCCCCCCCCCCCC(=O)OC(CO)COC(=O)CCCCCCCCCCCCCCC. The van der Waals surface area contributed by atoms with E-state index in [9.17, 15) is 14.7 Å². The molecule has 0 heterocycles. The first-order valence-corrected chi connectivity index (χ1v) is 29.5. The molecule has 0 aromatic carbocycles. The molecule has 0 aliphatic carbocycles. The maximum Gasteiger partial charge on any atom is 0.306 e. The first-order chi connectivity index (χ1) is 32.6. The van der Waals surface area contributed by atoms with Gasteiger partial charge in [-0.05, 0) is 51.4 Å². The Bertz CT molecular complexity index is 1050. The minimum atomic E-state index is -0.766. The Hall–Kier alpha value is -1.88. The van der Waals surface area contributed by atoms with Gasteiger partial charge >= 0.3 is 11.9 Å². The van der Waals surface area contributed by atoms with Gasteiger partial charge in [-0.25, -0.2) is 0 Å². The van der Waals surface area contributed by atoms with E-state index in [-0.39, 0.29) is 25.2 Å². The number of ether oxygens (including phenoxy) is 2. The minimum Gasteiger partial charge on any atom is -0.462 e. The lowest BCUT2D eigenvalue weighted by atomic mass is 10.0. The van der Waals surface area contributed by atoms with E-state index in [4.69, 9.17) is 9.47 Å². The molecule has 5 nitrogen and oxygen atoms in total. The lowest BCUT2D eigenvalue weighted by Gasteiger charge is -2.15. The number of unbranched alkanes of at least 4 members (excludes halogenated alkanes) is 41. The summed E-state index contributed by atoms with van der Waals surface area (Å²) in [5, 5.41) is 9.62. The topological polar surface area (TPSA) is 72.8 Å². The summed E-state index contributed by atoms with van der Waals surface area (Å²) in [5.74, 6) is -0.572. The monoisotopic (exact) mass is 927 g/mol. The standard InChI is InChI=1S/C61H114O5/c1-3-5-7-9-11-13-15-17-18-19-20-21-22-23-24-25-26-27-28-29-30-31-32-33-34-35-36-37-38-39-40-41-42-44-46-48-50-52-54-56-61(64)66-59(57-62)58-65-60(63)55-53-51-49-47-45-43-16-14-12-10-8-6-4-2/h15,17,19-20,22-23,59,62H,3-14,16,18,21,24-58H2,1-2H3/b17-15-,20-19-,23-22-. The molecule has 0 amide bonds. The lowest BCUT2D eigenvalue weighted by molar-refractivity contribution is -0.161. The summed E-state index contributed by atoms with van der Waals surface area (Å²) in [6.07, 6.45) is 74.3. The van der Waals surface area contributed by atoms with Crippen molar-refractivity contribution in [2.45, 2.75) is 328 Å². The third-order valence-electron chi connectivity index (χ3n) is 13.4. The Morgan fingerprint density at radius 2 is 0.606 bits per heavy atom. The molecule has 0 saturated carbocycles. The molecule has 0 aromatic rings. The highest BCUT2D eigenvalue weighted by atomic mass is 16.6. The van der Waals surface area contributed by atoms with Crippen molar-refractivity contribution in [2.75, 3.05) is 13.2 Å². The predicted molar refractivity (Wildman–Crippen MR) is 288 cm³/mol. The van der Waals surface area contributed by atoms with E-state index in [0.29, 0.717) is 12.8 Å². The van der Waals surface area contributed by atoms with E-state index >= 15 is 0 Å². The fraction of sp³-hybridized carbons (Fsp3) is 0.869. The van der Waals surface area contributed by atoms with Crippen LogP contribution in [-0.2, 0) is 19.1 Å². The molecule has 1 N–H and O–H groups in total. The van der Waals surface area contributed by atoms with Gasteiger partial charge in [0, 0.05) is 12.8 Å². The maximum atomic E-state index is 12.3. The normalized spacial score (nSPS) is 12.3. The quantitative estimate of drug-likeness (QED) is 0.0374. The maximum absolute atomic E-state index is 12.3. The number of carbonyl (C=O) groups excluding carboxylic acids is 2. The van der Waals surface area contributed by atoms with Gasteiger partial charge in [0.25, 0.3) is 0 Å².